The van der Waals surface area contributed by atoms with Crippen LogP contribution in [0, 0.1) is 27.7 Å². The Bertz CT molecular complexity index is 895. The molecule has 0 spiro atoms. The average Bonchev–Trinajstić information content (AvgIpc) is 2.89. The van der Waals surface area contributed by atoms with Crippen LogP contribution in [0.4, 0.5) is 5.69 Å². The summed E-state index contributed by atoms with van der Waals surface area (Å²) < 4.78 is 0. The van der Waals surface area contributed by atoms with Crippen molar-refractivity contribution in [3.8, 4) is 11.3 Å². The first kappa shape index (κ1) is 16.4. The molecule has 0 unspecified atom stereocenters. The fourth-order valence-electron chi connectivity index (χ4n) is 2.64. The number of amides is 1. The standard InChI is InChI=1S/C20H20N2OS/c1-12-5-6-13(2)18(11-12)22-20(23)17-9-7-16(8-10-17)19-14(3)24-15(4)21-19/h5-11H,1-4H3,(H,22,23). The van der Waals surface area contributed by atoms with Crippen LogP contribution < -0.4 is 5.32 Å². The minimum absolute atomic E-state index is 0.0959. The van der Waals surface area contributed by atoms with Crippen molar-refractivity contribution in [2.45, 2.75) is 27.7 Å². The van der Waals surface area contributed by atoms with E-state index in [-0.39, 0.29) is 5.91 Å². The van der Waals surface area contributed by atoms with Gasteiger partial charge in [0.05, 0.1) is 10.7 Å². The van der Waals surface area contributed by atoms with E-state index in [2.05, 4.69) is 17.2 Å². The van der Waals surface area contributed by atoms with Crippen molar-refractivity contribution in [1.29, 1.82) is 0 Å². The molecule has 1 heterocycles. The van der Waals surface area contributed by atoms with Crippen LogP contribution in [0.1, 0.15) is 31.4 Å². The number of hydrogen-bond donors (Lipinski definition) is 1. The summed E-state index contributed by atoms with van der Waals surface area (Å²) in [6, 6.07) is 13.7. The maximum atomic E-state index is 12.5. The zero-order chi connectivity index (χ0) is 17.3. The topological polar surface area (TPSA) is 42.0 Å². The van der Waals surface area contributed by atoms with Crippen LogP contribution in [0.15, 0.2) is 42.5 Å². The number of benzene rings is 2. The highest BCUT2D eigenvalue weighted by atomic mass is 32.1. The molecule has 1 amide bonds. The fraction of sp³-hybridized carbons (Fsp3) is 0.200. The van der Waals surface area contributed by atoms with Crippen LogP contribution in [0.3, 0.4) is 0 Å². The molecule has 122 valence electrons. The minimum atomic E-state index is -0.0959. The van der Waals surface area contributed by atoms with E-state index < -0.39 is 0 Å². The third-order valence-electron chi connectivity index (χ3n) is 3.97. The van der Waals surface area contributed by atoms with E-state index >= 15 is 0 Å². The van der Waals surface area contributed by atoms with Crippen LogP contribution in [0.5, 0.6) is 0 Å². The summed E-state index contributed by atoms with van der Waals surface area (Å²) in [4.78, 5) is 18.2. The largest absolute Gasteiger partial charge is 0.322 e. The van der Waals surface area contributed by atoms with Crippen LogP contribution in [-0.4, -0.2) is 10.9 Å². The van der Waals surface area contributed by atoms with Gasteiger partial charge in [-0.05, 0) is 57.0 Å². The lowest BCUT2D eigenvalue weighted by atomic mass is 10.1. The number of nitrogens with zero attached hydrogens (tertiary/aromatic N) is 1. The zero-order valence-corrected chi connectivity index (χ0v) is 15.1. The van der Waals surface area contributed by atoms with E-state index in [4.69, 9.17) is 0 Å². The fourth-order valence-corrected chi connectivity index (χ4v) is 3.48. The highest BCUT2D eigenvalue weighted by Gasteiger charge is 2.11. The molecule has 0 fully saturated rings. The monoisotopic (exact) mass is 336 g/mol. The number of hydrogen-bond acceptors (Lipinski definition) is 3. The smallest absolute Gasteiger partial charge is 0.255 e. The van der Waals surface area contributed by atoms with E-state index in [1.165, 1.54) is 4.88 Å². The van der Waals surface area contributed by atoms with Crippen molar-refractivity contribution in [3.05, 3.63) is 69.0 Å². The Morgan fingerprint density at radius 1 is 1.00 bits per heavy atom. The van der Waals surface area contributed by atoms with Crippen LogP contribution in [0.25, 0.3) is 11.3 Å². The van der Waals surface area contributed by atoms with E-state index in [0.717, 1.165) is 33.1 Å². The van der Waals surface area contributed by atoms with E-state index in [0.29, 0.717) is 5.56 Å². The number of carbonyl (C=O) groups excluding carboxylic acids is 1. The van der Waals surface area contributed by atoms with Gasteiger partial charge >= 0.3 is 0 Å². The molecule has 0 aliphatic carbocycles. The Morgan fingerprint density at radius 3 is 2.33 bits per heavy atom. The minimum Gasteiger partial charge on any atom is -0.322 e. The Balaban J connectivity index is 1.81. The molecule has 3 rings (SSSR count). The highest BCUT2D eigenvalue weighted by Crippen LogP contribution is 2.27. The molecule has 3 nitrogen and oxygen atoms in total. The lowest BCUT2D eigenvalue weighted by Gasteiger charge is -2.10. The third-order valence-corrected chi connectivity index (χ3v) is 4.85. The van der Waals surface area contributed by atoms with Gasteiger partial charge in [-0.1, -0.05) is 24.3 Å². The summed E-state index contributed by atoms with van der Waals surface area (Å²) in [5.41, 5.74) is 5.72. The summed E-state index contributed by atoms with van der Waals surface area (Å²) >= 11 is 1.69. The van der Waals surface area contributed by atoms with Gasteiger partial charge in [-0.3, -0.25) is 4.79 Å². The number of aromatic nitrogens is 1. The summed E-state index contributed by atoms with van der Waals surface area (Å²) in [6.45, 7) is 8.09. The van der Waals surface area contributed by atoms with Gasteiger partial charge in [0.15, 0.2) is 0 Å². The Hall–Kier alpha value is -2.46. The molecule has 0 aliphatic rings. The van der Waals surface area contributed by atoms with Crippen LogP contribution in [-0.2, 0) is 0 Å². The van der Waals surface area contributed by atoms with E-state index in [9.17, 15) is 4.79 Å². The van der Waals surface area contributed by atoms with Gasteiger partial charge in [0.25, 0.3) is 5.91 Å². The maximum absolute atomic E-state index is 12.5. The number of nitrogens with one attached hydrogen (secondary N) is 1. The van der Waals surface area contributed by atoms with Gasteiger partial charge in [0.1, 0.15) is 0 Å². The van der Waals surface area contributed by atoms with Crippen molar-refractivity contribution in [2.24, 2.45) is 0 Å². The predicted molar refractivity (Wildman–Crippen MR) is 101 cm³/mol. The molecule has 0 radical (unpaired) electrons. The number of carbonyl (C=O) groups is 1. The Morgan fingerprint density at radius 2 is 1.71 bits per heavy atom. The lowest BCUT2D eigenvalue weighted by molar-refractivity contribution is 0.102. The maximum Gasteiger partial charge on any atom is 0.255 e. The summed E-state index contributed by atoms with van der Waals surface area (Å²) in [5, 5.41) is 4.04. The molecule has 0 saturated heterocycles. The second-order valence-electron chi connectivity index (χ2n) is 5.99. The van der Waals surface area contributed by atoms with E-state index in [1.54, 1.807) is 11.3 Å². The molecule has 0 atom stereocenters. The molecule has 0 saturated carbocycles. The number of anilines is 1. The Labute approximate surface area is 146 Å². The molecule has 24 heavy (non-hydrogen) atoms. The average molecular weight is 336 g/mol. The molecule has 3 aromatic rings. The van der Waals surface area contributed by atoms with Crippen LogP contribution in [0.2, 0.25) is 0 Å². The Kier molecular flexibility index (Phi) is 4.49. The van der Waals surface area contributed by atoms with Gasteiger partial charge in [-0.15, -0.1) is 11.3 Å². The van der Waals surface area contributed by atoms with Crippen molar-refractivity contribution < 1.29 is 4.79 Å². The summed E-state index contributed by atoms with van der Waals surface area (Å²) in [6.07, 6.45) is 0. The zero-order valence-electron chi connectivity index (χ0n) is 14.3. The van der Waals surface area contributed by atoms with E-state index in [1.807, 2.05) is 63.2 Å². The molecular weight excluding hydrogens is 316 g/mol. The third kappa shape index (κ3) is 3.39. The molecule has 1 aromatic heterocycles. The first-order chi connectivity index (χ1) is 11.4. The normalized spacial score (nSPS) is 10.7. The number of thiazole rings is 1. The lowest BCUT2D eigenvalue weighted by Crippen LogP contribution is -2.12. The second-order valence-corrected chi connectivity index (χ2v) is 7.39. The first-order valence-electron chi connectivity index (χ1n) is 7.87. The van der Waals surface area contributed by atoms with Crippen molar-refractivity contribution in [2.75, 3.05) is 5.32 Å². The van der Waals surface area contributed by atoms with Gasteiger partial charge in [-0.2, -0.15) is 0 Å². The molecule has 2 aromatic carbocycles. The second kappa shape index (κ2) is 6.57. The van der Waals surface area contributed by atoms with Gasteiger partial charge in [0.2, 0.25) is 0 Å². The molecule has 0 aliphatic heterocycles. The SMILES string of the molecule is Cc1ccc(C)c(NC(=O)c2ccc(-c3nc(C)sc3C)cc2)c1. The molecule has 4 heteroatoms. The predicted octanol–water partition coefficient (Wildman–Crippen LogP) is 5.30. The quantitative estimate of drug-likeness (QED) is 0.705. The summed E-state index contributed by atoms with van der Waals surface area (Å²) in [7, 11) is 0. The number of rotatable bonds is 3. The molecule has 1 N–H and O–H groups in total. The summed E-state index contributed by atoms with van der Waals surface area (Å²) in [5.74, 6) is -0.0959. The van der Waals surface area contributed by atoms with Crippen LogP contribution >= 0.6 is 11.3 Å². The van der Waals surface area contributed by atoms with Crippen molar-refractivity contribution in [1.82, 2.24) is 4.98 Å². The molecule has 0 bridgehead atoms. The van der Waals surface area contributed by atoms with Gasteiger partial charge in [0, 0.05) is 21.7 Å². The van der Waals surface area contributed by atoms with Crippen molar-refractivity contribution in [3.63, 3.8) is 0 Å². The van der Waals surface area contributed by atoms with Crippen molar-refractivity contribution >= 4 is 22.9 Å². The molecular formula is C20H20N2OS. The first-order valence-corrected chi connectivity index (χ1v) is 8.69. The highest BCUT2D eigenvalue weighted by molar-refractivity contribution is 7.11. The van der Waals surface area contributed by atoms with Gasteiger partial charge < -0.3 is 5.32 Å². The number of aryl methyl sites for hydroxylation is 4. The van der Waals surface area contributed by atoms with Gasteiger partial charge in [-0.25, -0.2) is 4.98 Å².